The van der Waals surface area contributed by atoms with Crippen molar-refractivity contribution in [3.8, 4) is 0 Å². The standard InChI is InChI=1S/C6H15N3O2S/c1-7-12(10,11)9-6-3-2-4-8-5-6/h6-9H,2-5H2,1H3. The van der Waals surface area contributed by atoms with Crippen molar-refractivity contribution in [3.63, 3.8) is 0 Å². The van der Waals surface area contributed by atoms with Crippen LogP contribution in [0, 0.1) is 0 Å². The van der Waals surface area contributed by atoms with Crippen molar-refractivity contribution in [2.24, 2.45) is 0 Å². The molecule has 1 unspecified atom stereocenters. The molecule has 1 aliphatic rings. The molecular formula is C6H15N3O2S. The minimum atomic E-state index is -3.26. The second kappa shape index (κ2) is 4.18. The summed E-state index contributed by atoms with van der Waals surface area (Å²) in [5.74, 6) is 0. The fourth-order valence-electron chi connectivity index (χ4n) is 1.23. The van der Waals surface area contributed by atoms with E-state index in [0.29, 0.717) is 0 Å². The highest BCUT2D eigenvalue weighted by Crippen LogP contribution is 2.01. The molecule has 0 saturated carbocycles. The predicted octanol–water partition coefficient (Wildman–Crippen LogP) is -1.21. The van der Waals surface area contributed by atoms with E-state index in [-0.39, 0.29) is 6.04 Å². The van der Waals surface area contributed by atoms with Crippen LogP contribution in [-0.4, -0.2) is 34.6 Å². The molecule has 12 heavy (non-hydrogen) atoms. The molecule has 1 saturated heterocycles. The summed E-state index contributed by atoms with van der Waals surface area (Å²) in [6.45, 7) is 1.71. The Kier molecular flexibility index (Phi) is 3.45. The van der Waals surface area contributed by atoms with Crippen LogP contribution in [0.15, 0.2) is 0 Å². The zero-order valence-electron chi connectivity index (χ0n) is 7.13. The van der Waals surface area contributed by atoms with Gasteiger partial charge in [0.05, 0.1) is 0 Å². The smallest absolute Gasteiger partial charge is 0.276 e. The van der Waals surface area contributed by atoms with E-state index in [4.69, 9.17) is 0 Å². The highest BCUT2D eigenvalue weighted by Gasteiger charge is 2.17. The van der Waals surface area contributed by atoms with Crippen LogP contribution in [0.5, 0.6) is 0 Å². The first-order valence-electron chi connectivity index (χ1n) is 4.05. The van der Waals surface area contributed by atoms with E-state index in [1.54, 1.807) is 0 Å². The highest BCUT2D eigenvalue weighted by atomic mass is 32.2. The van der Waals surface area contributed by atoms with Crippen molar-refractivity contribution >= 4 is 10.2 Å². The van der Waals surface area contributed by atoms with Crippen molar-refractivity contribution in [1.29, 1.82) is 0 Å². The number of hydrogen-bond donors (Lipinski definition) is 3. The van der Waals surface area contributed by atoms with Crippen LogP contribution in [-0.2, 0) is 10.2 Å². The van der Waals surface area contributed by atoms with E-state index in [1.807, 2.05) is 0 Å². The van der Waals surface area contributed by atoms with E-state index in [9.17, 15) is 8.42 Å². The predicted molar refractivity (Wildman–Crippen MR) is 47.0 cm³/mol. The number of hydrogen-bond acceptors (Lipinski definition) is 3. The second-order valence-electron chi connectivity index (χ2n) is 2.87. The summed E-state index contributed by atoms with van der Waals surface area (Å²) in [6, 6.07) is 0.0381. The lowest BCUT2D eigenvalue weighted by Gasteiger charge is -2.23. The molecule has 1 rings (SSSR count). The van der Waals surface area contributed by atoms with Gasteiger partial charge in [0.1, 0.15) is 0 Å². The molecule has 0 aromatic carbocycles. The van der Waals surface area contributed by atoms with Crippen LogP contribution < -0.4 is 14.8 Å². The third-order valence-corrected chi connectivity index (χ3v) is 3.07. The van der Waals surface area contributed by atoms with Crippen LogP contribution in [0.1, 0.15) is 12.8 Å². The maximum absolute atomic E-state index is 11.0. The Morgan fingerprint density at radius 1 is 1.50 bits per heavy atom. The molecule has 0 aliphatic carbocycles. The number of rotatable bonds is 3. The van der Waals surface area contributed by atoms with E-state index < -0.39 is 10.2 Å². The summed E-state index contributed by atoms with van der Waals surface area (Å²) in [4.78, 5) is 0. The summed E-state index contributed by atoms with van der Waals surface area (Å²) in [5.41, 5.74) is 0. The first-order valence-corrected chi connectivity index (χ1v) is 5.54. The van der Waals surface area contributed by atoms with E-state index in [2.05, 4.69) is 14.8 Å². The van der Waals surface area contributed by atoms with Gasteiger partial charge in [-0.25, -0.2) is 4.72 Å². The molecular weight excluding hydrogens is 178 g/mol. The van der Waals surface area contributed by atoms with Crippen LogP contribution >= 0.6 is 0 Å². The quantitative estimate of drug-likeness (QED) is 0.527. The minimum absolute atomic E-state index is 0.0381. The molecule has 0 aromatic heterocycles. The van der Waals surface area contributed by atoms with Gasteiger partial charge in [-0.3, -0.25) is 0 Å². The minimum Gasteiger partial charge on any atom is -0.315 e. The molecule has 0 radical (unpaired) electrons. The van der Waals surface area contributed by atoms with Crippen LogP contribution in [0.3, 0.4) is 0 Å². The molecule has 1 aliphatic heterocycles. The van der Waals surface area contributed by atoms with Gasteiger partial charge in [-0.05, 0) is 19.4 Å². The topological polar surface area (TPSA) is 70.2 Å². The maximum Gasteiger partial charge on any atom is 0.276 e. The first kappa shape index (κ1) is 9.91. The normalized spacial score (nSPS) is 25.6. The van der Waals surface area contributed by atoms with Gasteiger partial charge in [-0.2, -0.15) is 13.1 Å². The Morgan fingerprint density at radius 2 is 2.25 bits per heavy atom. The summed E-state index contributed by atoms with van der Waals surface area (Å²) >= 11 is 0. The van der Waals surface area contributed by atoms with Gasteiger partial charge in [0.25, 0.3) is 10.2 Å². The second-order valence-corrected chi connectivity index (χ2v) is 4.52. The molecule has 6 heteroatoms. The van der Waals surface area contributed by atoms with Crippen molar-refractivity contribution in [2.45, 2.75) is 18.9 Å². The van der Waals surface area contributed by atoms with Gasteiger partial charge in [-0.1, -0.05) is 0 Å². The third kappa shape index (κ3) is 3.06. The Bertz CT molecular complexity index is 221. The maximum atomic E-state index is 11.0. The average molecular weight is 193 g/mol. The largest absolute Gasteiger partial charge is 0.315 e. The molecule has 5 nitrogen and oxygen atoms in total. The van der Waals surface area contributed by atoms with Crippen molar-refractivity contribution in [3.05, 3.63) is 0 Å². The van der Waals surface area contributed by atoms with Crippen LogP contribution in [0.2, 0.25) is 0 Å². The van der Waals surface area contributed by atoms with E-state index in [1.165, 1.54) is 7.05 Å². The van der Waals surface area contributed by atoms with Crippen molar-refractivity contribution in [2.75, 3.05) is 20.1 Å². The summed E-state index contributed by atoms with van der Waals surface area (Å²) in [7, 11) is -1.86. The van der Waals surface area contributed by atoms with Crippen molar-refractivity contribution < 1.29 is 8.42 Å². The molecule has 0 bridgehead atoms. The van der Waals surface area contributed by atoms with E-state index >= 15 is 0 Å². The molecule has 0 aromatic rings. The fourth-order valence-corrected chi connectivity index (χ4v) is 1.99. The molecule has 72 valence electrons. The summed E-state index contributed by atoms with van der Waals surface area (Å²) in [6.07, 6.45) is 1.94. The Balaban J connectivity index is 2.39. The molecule has 1 atom stereocenters. The third-order valence-electron chi connectivity index (χ3n) is 1.89. The summed E-state index contributed by atoms with van der Waals surface area (Å²) < 4.78 is 26.8. The molecule has 1 fully saturated rings. The summed E-state index contributed by atoms with van der Waals surface area (Å²) in [5, 5.41) is 3.13. The Morgan fingerprint density at radius 3 is 2.75 bits per heavy atom. The van der Waals surface area contributed by atoms with Gasteiger partial charge in [0.15, 0.2) is 0 Å². The fraction of sp³-hybridized carbons (Fsp3) is 1.00. The molecule has 0 amide bonds. The lowest BCUT2D eigenvalue weighted by atomic mass is 10.1. The van der Waals surface area contributed by atoms with Gasteiger partial charge >= 0.3 is 0 Å². The van der Waals surface area contributed by atoms with Crippen LogP contribution in [0.25, 0.3) is 0 Å². The number of nitrogens with one attached hydrogen (secondary N) is 3. The zero-order valence-corrected chi connectivity index (χ0v) is 7.95. The Hall–Kier alpha value is -0.170. The van der Waals surface area contributed by atoms with Crippen molar-refractivity contribution in [1.82, 2.24) is 14.8 Å². The van der Waals surface area contributed by atoms with Crippen LogP contribution in [0.4, 0.5) is 0 Å². The Labute approximate surface area is 73.1 Å². The zero-order chi connectivity index (χ0) is 9.03. The monoisotopic (exact) mass is 193 g/mol. The highest BCUT2D eigenvalue weighted by molar-refractivity contribution is 7.87. The van der Waals surface area contributed by atoms with Gasteiger partial charge in [0, 0.05) is 19.6 Å². The first-order chi connectivity index (χ1) is 5.64. The molecule has 3 N–H and O–H groups in total. The SMILES string of the molecule is CNS(=O)(=O)NC1CCCNC1. The lowest BCUT2D eigenvalue weighted by molar-refractivity contribution is 0.427. The van der Waals surface area contributed by atoms with Gasteiger partial charge < -0.3 is 5.32 Å². The molecule has 0 spiro atoms. The van der Waals surface area contributed by atoms with Gasteiger partial charge in [0.2, 0.25) is 0 Å². The average Bonchev–Trinajstić information content (AvgIpc) is 2.06. The van der Waals surface area contributed by atoms with Gasteiger partial charge in [-0.15, -0.1) is 0 Å². The lowest BCUT2D eigenvalue weighted by Crippen LogP contribution is -2.48. The number of piperidine rings is 1. The van der Waals surface area contributed by atoms with E-state index in [0.717, 1.165) is 25.9 Å². The molecule has 1 heterocycles.